The van der Waals surface area contributed by atoms with E-state index in [9.17, 15) is 9.18 Å². The van der Waals surface area contributed by atoms with Crippen LogP contribution >= 0.6 is 0 Å². The van der Waals surface area contributed by atoms with Gasteiger partial charge in [0.15, 0.2) is 0 Å². The highest BCUT2D eigenvalue weighted by Gasteiger charge is 2.03. The SMILES string of the molecule is CCCCCC(=O)Cc1cccc(F)c1. The first-order chi connectivity index (χ1) is 7.22. The molecule has 1 aromatic carbocycles. The van der Waals surface area contributed by atoms with Gasteiger partial charge >= 0.3 is 0 Å². The van der Waals surface area contributed by atoms with Crippen LogP contribution in [0.1, 0.15) is 38.2 Å². The number of benzene rings is 1. The Morgan fingerprint density at radius 3 is 2.80 bits per heavy atom. The molecular formula is C13H17FO. The second kappa shape index (κ2) is 6.33. The highest BCUT2D eigenvalue weighted by Crippen LogP contribution is 2.07. The summed E-state index contributed by atoms with van der Waals surface area (Å²) < 4.78 is 12.8. The summed E-state index contributed by atoms with van der Waals surface area (Å²) in [6, 6.07) is 6.26. The largest absolute Gasteiger partial charge is 0.299 e. The molecule has 0 aliphatic rings. The van der Waals surface area contributed by atoms with E-state index in [0.29, 0.717) is 12.8 Å². The second-order valence-corrected chi connectivity index (χ2v) is 3.80. The zero-order valence-electron chi connectivity index (χ0n) is 9.13. The maximum atomic E-state index is 12.8. The van der Waals surface area contributed by atoms with Gasteiger partial charge in [-0.1, -0.05) is 31.9 Å². The fourth-order valence-electron chi connectivity index (χ4n) is 1.54. The molecule has 0 heterocycles. The van der Waals surface area contributed by atoms with E-state index in [4.69, 9.17) is 0 Å². The van der Waals surface area contributed by atoms with E-state index in [1.807, 2.05) is 0 Å². The number of Topliss-reactive ketones (excluding diaryl/α,β-unsaturated/α-hetero) is 1. The minimum atomic E-state index is -0.270. The first-order valence-corrected chi connectivity index (χ1v) is 5.48. The average Bonchev–Trinajstić information content (AvgIpc) is 2.18. The Kier molecular flexibility index (Phi) is 5.02. The van der Waals surface area contributed by atoms with E-state index < -0.39 is 0 Å². The molecule has 1 rings (SSSR count). The molecule has 15 heavy (non-hydrogen) atoms. The number of hydrogen-bond acceptors (Lipinski definition) is 1. The maximum Gasteiger partial charge on any atom is 0.137 e. The van der Waals surface area contributed by atoms with Crippen LogP contribution in [-0.2, 0) is 11.2 Å². The van der Waals surface area contributed by atoms with Crippen LogP contribution in [0.3, 0.4) is 0 Å². The Hall–Kier alpha value is -1.18. The van der Waals surface area contributed by atoms with Crippen LogP contribution in [0.4, 0.5) is 4.39 Å². The van der Waals surface area contributed by atoms with Gasteiger partial charge in [-0.2, -0.15) is 0 Å². The molecular weight excluding hydrogens is 191 g/mol. The van der Waals surface area contributed by atoms with Gasteiger partial charge in [-0.3, -0.25) is 4.79 Å². The summed E-state index contributed by atoms with van der Waals surface area (Å²) in [5.41, 5.74) is 0.775. The van der Waals surface area contributed by atoms with Crippen molar-refractivity contribution in [2.45, 2.75) is 39.0 Å². The highest BCUT2D eigenvalue weighted by atomic mass is 19.1. The van der Waals surface area contributed by atoms with Crippen molar-refractivity contribution in [3.05, 3.63) is 35.6 Å². The molecule has 1 aromatic rings. The highest BCUT2D eigenvalue weighted by molar-refractivity contribution is 5.80. The van der Waals surface area contributed by atoms with E-state index >= 15 is 0 Å². The third-order valence-electron chi connectivity index (χ3n) is 2.35. The zero-order valence-corrected chi connectivity index (χ0v) is 9.13. The van der Waals surface area contributed by atoms with Crippen LogP contribution in [-0.4, -0.2) is 5.78 Å². The lowest BCUT2D eigenvalue weighted by atomic mass is 10.0. The van der Waals surface area contributed by atoms with E-state index in [1.54, 1.807) is 12.1 Å². The number of carbonyl (C=O) groups is 1. The molecule has 1 nitrogen and oxygen atoms in total. The summed E-state index contributed by atoms with van der Waals surface area (Å²) in [5.74, 6) is -0.0668. The Balaban J connectivity index is 2.37. The van der Waals surface area contributed by atoms with Gasteiger partial charge in [-0.05, 0) is 24.1 Å². The van der Waals surface area contributed by atoms with E-state index in [2.05, 4.69) is 6.92 Å². The minimum absolute atomic E-state index is 0.203. The lowest BCUT2D eigenvalue weighted by Crippen LogP contribution is -2.02. The van der Waals surface area contributed by atoms with Crippen molar-refractivity contribution in [3.63, 3.8) is 0 Å². The Labute approximate surface area is 90.3 Å². The molecule has 0 radical (unpaired) electrons. The predicted molar refractivity (Wildman–Crippen MR) is 59.3 cm³/mol. The lowest BCUT2D eigenvalue weighted by molar-refractivity contribution is -0.118. The molecule has 0 atom stereocenters. The molecule has 0 aromatic heterocycles. The number of hydrogen-bond donors (Lipinski definition) is 0. The van der Waals surface area contributed by atoms with Gasteiger partial charge in [0.2, 0.25) is 0 Å². The van der Waals surface area contributed by atoms with Crippen molar-refractivity contribution < 1.29 is 9.18 Å². The van der Waals surface area contributed by atoms with Gasteiger partial charge < -0.3 is 0 Å². The lowest BCUT2D eigenvalue weighted by Gasteiger charge is -2.01. The molecule has 0 spiro atoms. The van der Waals surface area contributed by atoms with Crippen molar-refractivity contribution in [1.29, 1.82) is 0 Å². The molecule has 0 unspecified atom stereocenters. The Morgan fingerprint density at radius 1 is 1.33 bits per heavy atom. The molecule has 0 aliphatic heterocycles. The van der Waals surface area contributed by atoms with E-state index in [-0.39, 0.29) is 11.6 Å². The fraction of sp³-hybridized carbons (Fsp3) is 0.462. The van der Waals surface area contributed by atoms with Gasteiger partial charge in [0.05, 0.1) is 0 Å². The molecule has 0 aliphatic carbocycles. The Bertz CT molecular complexity index is 320. The van der Waals surface area contributed by atoms with Crippen LogP contribution in [0.2, 0.25) is 0 Å². The van der Waals surface area contributed by atoms with Crippen LogP contribution in [0.5, 0.6) is 0 Å². The smallest absolute Gasteiger partial charge is 0.137 e. The molecule has 0 fully saturated rings. The quantitative estimate of drug-likeness (QED) is 0.654. The van der Waals surface area contributed by atoms with Crippen molar-refractivity contribution in [2.24, 2.45) is 0 Å². The zero-order chi connectivity index (χ0) is 11.1. The molecule has 0 N–H and O–H groups in total. The third kappa shape index (κ3) is 4.73. The normalized spacial score (nSPS) is 10.3. The first kappa shape index (κ1) is 11.9. The van der Waals surface area contributed by atoms with E-state index in [1.165, 1.54) is 12.1 Å². The summed E-state index contributed by atoms with van der Waals surface area (Å²) >= 11 is 0. The van der Waals surface area contributed by atoms with Crippen LogP contribution in [0, 0.1) is 5.82 Å². The van der Waals surface area contributed by atoms with Crippen molar-refractivity contribution in [1.82, 2.24) is 0 Å². The number of unbranched alkanes of at least 4 members (excludes halogenated alkanes) is 2. The summed E-state index contributed by atoms with van der Waals surface area (Å²) in [6.45, 7) is 2.11. The van der Waals surface area contributed by atoms with Crippen LogP contribution < -0.4 is 0 Å². The van der Waals surface area contributed by atoms with Gasteiger partial charge in [0.1, 0.15) is 11.6 Å². The predicted octanol–water partition coefficient (Wildman–Crippen LogP) is 3.52. The molecule has 0 bridgehead atoms. The third-order valence-corrected chi connectivity index (χ3v) is 2.35. The summed E-state index contributed by atoms with van der Waals surface area (Å²) in [7, 11) is 0. The summed E-state index contributed by atoms with van der Waals surface area (Å²) in [6.07, 6.45) is 4.14. The number of carbonyl (C=O) groups excluding carboxylic acids is 1. The van der Waals surface area contributed by atoms with Crippen molar-refractivity contribution in [3.8, 4) is 0 Å². The average molecular weight is 208 g/mol. The molecule has 0 amide bonds. The van der Waals surface area contributed by atoms with Crippen LogP contribution in [0.25, 0.3) is 0 Å². The molecule has 2 heteroatoms. The summed E-state index contributed by atoms with van der Waals surface area (Å²) in [5, 5.41) is 0. The van der Waals surface area contributed by atoms with Crippen LogP contribution in [0.15, 0.2) is 24.3 Å². The standard InChI is InChI=1S/C13H17FO/c1-2-3-4-8-13(15)10-11-6-5-7-12(14)9-11/h5-7,9H,2-4,8,10H2,1H3. The number of rotatable bonds is 6. The van der Waals surface area contributed by atoms with Gasteiger partial charge in [-0.15, -0.1) is 0 Å². The van der Waals surface area contributed by atoms with Crippen molar-refractivity contribution in [2.75, 3.05) is 0 Å². The number of ketones is 1. The maximum absolute atomic E-state index is 12.8. The molecule has 0 saturated heterocycles. The topological polar surface area (TPSA) is 17.1 Å². The second-order valence-electron chi connectivity index (χ2n) is 3.80. The van der Waals surface area contributed by atoms with Crippen molar-refractivity contribution >= 4 is 5.78 Å². The molecule has 82 valence electrons. The fourth-order valence-corrected chi connectivity index (χ4v) is 1.54. The van der Waals surface area contributed by atoms with E-state index in [0.717, 1.165) is 24.8 Å². The van der Waals surface area contributed by atoms with Gasteiger partial charge in [-0.25, -0.2) is 4.39 Å². The van der Waals surface area contributed by atoms with Gasteiger partial charge in [0.25, 0.3) is 0 Å². The minimum Gasteiger partial charge on any atom is -0.299 e. The summed E-state index contributed by atoms with van der Waals surface area (Å²) in [4.78, 5) is 11.5. The first-order valence-electron chi connectivity index (χ1n) is 5.48. The Morgan fingerprint density at radius 2 is 2.13 bits per heavy atom. The molecule has 0 saturated carbocycles. The van der Waals surface area contributed by atoms with Gasteiger partial charge in [0, 0.05) is 12.8 Å². The monoisotopic (exact) mass is 208 g/mol. The number of halogens is 1.